The lowest BCUT2D eigenvalue weighted by Crippen LogP contribution is -2.45. The molecule has 18 heavy (non-hydrogen) atoms. The van der Waals surface area contributed by atoms with E-state index in [-0.39, 0.29) is 24.4 Å². The Balaban J connectivity index is 0.00000162. The van der Waals surface area contributed by atoms with Gasteiger partial charge in [0, 0.05) is 24.7 Å². The molecule has 2 rings (SSSR count). The predicted molar refractivity (Wildman–Crippen MR) is 76.2 cm³/mol. The van der Waals surface area contributed by atoms with Crippen LogP contribution in [0.15, 0.2) is 24.3 Å². The van der Waals surface area contributed by atoms with Crippen molar-refractivity contribution in [1.29, 1.82) is 0 Å². The summed E-state index contributed by atoms with van der Waals surface area (Å²) in [5.74, 6) is 0.137. The minimum atomic E-state index is 0. The lowest BCUT2D eigenvalue weighted by molar-refractivity contribution is 0.0707. The van der Waals surface area contributed by atoms with Gasteiger partial charge in [0.05, 0.1) is 0 Å². The van der Waals surface area contributed by atoms with Crippen molar-refractivity contribution in [1.82, 2.24) is 4.90 Å². The molecule has 0 saturated carbocycles. The van der Waals surface area contributed by atoms with Gasteiger partial charge in [-0.2, -0.15) is 0 Å². The van der Waals surface area contributed by atoms with Crippen molar-refractivity contribution in [2.45, 2.75) is 32.2 Å². The third-order valence-electron chi connectivity index (χ3n) is 3.37. The van der Waals surface area contributed by atoms with Crippen LogP contribution in [0.2, 0.25) is 0 Å². The Morgan fingerprint density at radius 3 is 2.83 bits per heavy atom. The molecule has 1 fully saturated rings. The van der Waals surface area contributed by atoms with Crippen molar-refractivity contribution in [2.75, 3.05) is 13.1 Å². The summed E-state index contributed by atoms with van der Waals surface area (Å²) in [5.41, 5.74) is 7.88. The summed E-state index contributed by atoms with van der Waals surface area (Å²) in [6.45, 7) is 3.61. The maximum absolute atomic E-state index is 12.4. The number of benzene rings is 1. The second-order valence-corrected chi connectivity index (χ2v) is 4.66. The van der Waals surface area contributed by atoms with Gasteiger partial charge in [0.1, 0.15) is 0 Å². The van der Waals surface area contributed by atoms with Crippen LogP contribution in [0.25, 0.3) is 0 Å². The summed E-state index contributed by atoms with van der Waals surface area (Å²) in [4.78, 5) is 14.3. The largest absolute Gasteiger partial charge is 0.337 e. The zero-order chi connectivity index (χ0) is 12.3. The van der Waals surface area contributed by atoms with Crippen LogP contribution in [0.1, 0.15) is 35.7 Å². The number of rotatable bonds is 2. The SMILES string of the molecule is CCc1ccccc1C(=O)N1CCCC(N)C1.Cl. The number of nitrogens with two attached hydrogens (primary N) is 1. The number of likely N-dealkylation sites (tertiary alicyclic amines) is 1. The first kappa shape index (κ1) is 15.0. The van der Waals surface area contributed by atoms with Gasteiger partial charge in [0.2, 0.25) is 0 Å². The third-order valence-corrected chi connectivity index (χ3v) is 3.37. The van der Waals surface area contributed by atoms with Crippen molar-refractivity contribution in [3.63, 3.8) is 0 Å². The Morgan fingerprint density at radius 1 is 1.44 bits per heavy atom. The Morgan fingerprint density at radius 2 is 2.17 bits per heavy atom. The first-order valence-electron chi connectivity index (χ1n) is 6.35. The lowest BCUT2D eigenvalue weighted by atomic mass is 10.0. The molecular formula is C14H21ClN2O. The van der Waals surface area contributed by atoms with E-state index in [2.05, 4.69) is 6.92 Å². The number of nitrogens with zero attached hydrogens (tertiary/aromatic N) is 1. The highest BCUT2D eigenvalue weighted by atomic mass is 35.5. The Labute approximate surface area is 115 Å². The first-order chi connectivity index (χ1) is 8.22. The van der Waals surface area contributed by atoms with Crippen LogP contribution >= 0.6 is 12.4 Å². The molecule has 1 atom stereocenters. The minimum absolute atomic E-state index is 0. The molecule has 0 aromatic heterocycles. The maximum atomic E-state index is 12.4. The number of amides is 1. The fourth-order valence-electron chi connectivity index (χ4n) is 2.40. The van der Waals surface area contributed by atoms with Crippen LogP contribution in [-0.2, 0) is 6.42 Å². The summed E-state index contributed by atoms with van der Waals surface area (Å²) in [6, 6.07) is 7.99. The van der Waals surface area contributed by atoms with Crippen molar-refractivity contribution in [3.05, 3.63) is 35.4 Å². The molecule has 1 aliphatic rings. The van der Waals surface area contributed by atoms with E-state index in [0.29, 0.717) is 6.54 Å². The van der Waals surface area contributed by atoms with Gasteiger partial charge in [-0.25, -0.2) is 0 Å². The third kappa shape index (κ3) is 3.24. The van der Waals surface area contributed by atoms with Gasteiger partial charge >= 0.3 is 0 Å². The zero-order valence-corrected chi connectivity index (χ0v) is 11.6. The number of carbonyl (C=O) groups excluding carboxylic acids is 1. The topological polar surface area (TPSA) is 46.3 Å². The predicted octanol–water partition coefficient (Wildman–Crippen LogP) is 2.23. The fraction of sp³-hybridized carbons (Fsp3) is 0.500. The molecule has 2 N–H and O–H groups in total. The number of aryl methyl sites for hydroxylation is 1. The zero-order valence-electron chi connectivity index (χ0n) is 10.8. The van der Waals surface area contributed by atoms with E-state index < -0.39 is 0 Å². The second kappa shape index (κ2) is 6.76. The summed E-state index contributed by atoms with van der Waals surface area (Å²) < 4.78 is 0. The van der Waals surface area contributed by atoms with Crippen LogP contribution < -0.4 is 5.73 Å². The van der Waals surface area contributed by atoms with E-state index in [9.17, 15) is 4.79 Å². The van der Waals surface area contributed by atoms with Crippen LogP contribution in [-0.4, -0.2) is 29.9 Å². The number of halogens is 1. The number of piperidine rings is 1. The molecule has 1 amide bonds. The molecule has 0 radical (unpaired) electrons. The summed E-state index contributed by atoms with van der Waals surface area (Å²) in [7, 11) is 0. The van der Waals surface area contributed by atoms with Gasteiger partial charge < -0.3 is 10.6 Å². The molecule has 4 heteroatoms. The molecule has 0 aliphatic carbocycles. The Bertz CT molecular complexity index is 409. The quantitative estimate of drug-likeness (QED) is 0.894. The van der Waals surface area contributed by atoms with E-state index >= 15 is 0 Å². The molecule has 0 bridgehead atoms. The van der Waals surface area contributed by atoms with Gasteiger partial charge in [-0.05, 0) is 30.9 Å². The van der Waals surface area contributed by atoms with Crippen LogP contribution in [0.4, 0.5) is 0 Å². The molecule has 1 aromatic rings. The smallest absolute Gasteiger partial charge is 0.254 e. The second-order valence-electron chi connectivity index (χ2n) is 4.66. The van der Waals surface area contributed by atoms with E-state index in [1.54, 1.807) is 0 Å². The van der Waals surface area contributed by atoms with Crippen LogP contribution in [0.3, 0.4) is 0 Å². The number of hydrogen-bond donors (Lipinski definition) is 1. The molecule has 1 heterocycles. The summed E-state index contributed by atoms with van der Waals surface area (Å²) in [5, 5.41) is 0. The Kier molecular flexibility index (Phi) is 5.63. The number of hydrogen-bond acceptors (Lipinski definition) is 2. The van der Waals surface area contributed by atoms with Gasteiger partial charge in [-0.1, -0.05) is 25.1 Å². The summed E-state index contributed by atoms with van der Waals surface area (Å²) >= 11 is 0. The van der Waals surface area contributed by atoms with Crippen molar-refractivity contribution in [2.24, 2.45) is 5.73 Å². The fourth-order valence-corrected chi connectivity index (χ4v) is 2.40. The molecule has 1 aliphatic heterocycles. The van der Waals surface area contributed by atoms with Crippen molar-refractivity contribution >= 4 is 18.3 Å². The Hall–Kier alpha value is -1.06. The van der Waals surface area contributed by atoms with E-state index in [1.807, 2.05) is 29.2 Å². The molecule has 0 spiro atoms. The average Bonchev–Trinajstić information content (AvgIpc) is 2.38. The van der Waals surface area contributed by atoms with Gasteiger partial charge in [-0.3, -0.25) is 4.79 Å². The normalized spacial score (nSPS) is 19.2. The highest BCUT2D eigenvalue weighted by molar-refractivity contribution is 5.95. The molecule has 1 saturated heterocycles. The van der Waals surface area contributed by atoms with E-state index in [0.717, 1.165) is 36.9 Å². The van der Waals surface area contributed by atoms with E-state index in [1.165, 1.54) is 0 Å². The average molecular weight is 269 g/mol. The molecule has 1 aromatic carbocycles. The molecule has 1 unspecified atom stereocenters. The van der Waals surface area contributed by atoms with Crippen LogP contribution in [0, 0.1) is 0 Å². The molecular weight excluding hydrogens is 248 g/mol. The van der Waals surface area contributed by atoms with Crippen molar-refractivity contribution < 1.29 is 4.79 Å². The van der Waals surface area contributed by atoms with E-state index in [4.69, 9.17) is 5.73 Å². The maximum Gasteiger partial charge on any atom is 0.254 e. The van der Waals surface area contributed by atoms with Crippen molar-refractivity contribution in [3.8, 4) is 0 Å². The van der Waals surface area contributed by atoms with Gasteiger partial charge in [-0.15, -0.1) is 12.4 Å². The highest BCUT2D eigenvalue weighted by Crippen LogP contribution is 2.16. The van der Waals surface area contributed by atoms with Gasteiger partial charge in [0.15, 0.2) is 0 Å². The monoisotopic (exact) mass is 268 g/mol. The van der Waals surface area contributed by atoms with Crippen LogP contribution in [0.5, 0.6) is 0 Å². The summed E-state index contributed by atoms with van der Waals surface area (Å²) in [6.07, 6.45) is 2.93. The molecule has 100 valence electrons. The first-order valence-corrected chi connectivity index (χ1v) is 6.35. The standard InChI is InChI=1S/C14H20N2O.ClH/c1-2-11-6-3-4-8-13(11)14(17)16-9-5-7-12(15)10-16;/h3-4,6,8,12H,2,5,7,9-10,15H2,1H3;1H. The number of carbonyl (C=O) groups is 1. The minimum Gasteiger partial charge on any atom is -0.337 e. The van der Waals surface area contributed by atoms with Gasteiger partial charge in [0.25, 0.3) is 5.91 Å². The molecule has 3 nitrogen and oxygen atoms in total. The lowest BCUT2D eigenvalue weighted by Gasteiger charge is -2.31. The highest BCUT2D eigenvalue weighted by Gasteiger charge is 2.23.